The minimum Gasteiger partial charge on any atom is -0.475 e. The number of rotatable bonds is 3. The molecule has 0 amide bonds. The van der Waals surface area contributed by atoms with Crippen molar-refractivity contribution < 1.29 is 23.1 Å². The monoisotopic (exact) mass is 323 g/mol. The third kappa shape index (κ3) is 2.22. The summed E-state index contributed by atoms with van der Waals surface area (Å²) in [5.74, 6) is -2.51. The van der Waals surface area contributed by atoms with Gasteiger partial charge in [-0.1, -0.05) is 0 Å². The van der Waals surface area contributed by atoms with Gasteiger partial charge in [-0.05, 0) is 27.4 Å². The van der Waals surface area contributed by atoms with Crippen LogP contribution in [0.2, 0.25) is 0 Å². The van der Waals surface area contributed by atoms with Crippen molar-refractivity contribution in [3.05, 3.63) is 27.4 Å². The third-order valence-corrected chi connectivity index (χ3v) is 3.69. The summed E-state index contributed by atoms with van der Waals surface area (Å²) in [6, 6.07) is 1.69. The molecule has 2 aromatic heterocycles. The average molecular weight is 324 g/mol. The van der Waals surface area contributed by atoms with Gasteiger partial charge in [0.2, 0.25) is 11.7 Å². The fourth-order valence-corrected chi connectivity index (χ4v) is 2.64. The molecule has 0 radical (unpaired) electrons. The number of carboxylic acids is 1. The van der Waals surface area contributed by atoms with Crippen LogP contribution in [-0.4, -0.2) is 16.1 Å². The zero-order valence-corrected chi connectivity index (χ0v) is 10.4. The molecule has 0 aliphatic heterocycles. The number of thiophene rings is 1. The summed E-state index contributed by atoms with van der Waals surface area (Å²) in [5, 5.41) is 10.4. The van der Waals surface area contributed by atoms with Crippen LogP contribution in [0, 0.1) is 0 Å². The molecule has 0 fully saturated rings. The molecule has 90 valence electrons. The molecule has 2 rings (SSSR count). The lowest BCUT2D eigenvalue weighted by Crippen LogP contribution is -1.99. The molecular weight excluding hydrogens is 320 g/mol. The average Bonchev–Trinajstić information content (AvgIpc) is 2.82. The van der Waals surface area contributed by atoms with E-state index in [9.17, 15) is 13.6 Å². The zero-order chi connectivity index (χ0) is 12.6. The van der Waals surface area contributed by atoms with E-state index in [1.54, 1.807) is 11.4 Å². The summed E-state index contributed by atoms with van der Waals surface area (Å²) in [4.78, 5) is 14.7. The van der Waals surface area contributed by atoms with Crippen LogP contribution in [0.4, 0.5) is 8.78 Å². The Morgan fingerprint density at radius 3 is 2.71 bits per heavy atom. The summed E-state index contributed by atoms with van der Waals surface area (Å²) in [6.07, 6.45) is -2.99. The maximum absolute atomic E-state index is 12.5. The van der Waals surface area contributed by atoms with E-state index < -0.39 is 23.8 Å². The standard InChI is InChI=1S/C9H4BrF2NO3S/c10-3-1-2-17-6(3)8-13-4(7(11)12)5(16-8)9(14)15/h1-2,7H,(H,14,15). The lowest BCUT2D eigenvalue weighted by molar-refractivity contribution is 0.0647. The van der Waals surface area contributed by atoms with Crippen LogP contribution in [0.3, 0.4) is 0 Å². The Labute approximate surface area is 106 Å². The van der Waals surface area contributed by atoms with E-state index in [1.165, 1.54) is 11.3 Å². The quantitative estimate of drug-likeness (QED) is 0.933. The normalized spacial score (nSPS) is 11.1. The van der Waals surface area contributed by atoms with Crippen molar-refractivity contribution in [2.24, 2.45) is 0 Å². The zero-order valence-electron chi connectivity index (χ0n) is 7.99. The molecular formula is C9H4BrF2NO3S. The molecule has 0 atom stereocenters. The van der Waals surface area contributed by atoms with Gasteiger partial charge in [-0.3, -0.25) is 0 Å². The predicted octanol–water partition coefficient (Wildman–Crippen LogP) is 3.80. The van der Waals surface area contributed by atoms with Gasteiger partial charge in [0.05, 0.1) is 0 Å². The number of nitrogens with zero attached hydrogens (tertiary/aromatic N) is 1. The molecule has 17 heavy (non-hydrogen) atoms. The molecule has 0 aromatic carbocycles. The molecule has 8 heteroatoms. The van der Waals surface area contributed by atoms with Gasteiger partial charge in [-0.2, -0.15) is 0 Å². The van der Waals surface area contributed by atoms with Crippen molar-refractivity contribution in [2.75, 3.05) is 0 Å². The second kappa shape index (κ2) is 4.53. The number of hydrogen-bond acceptors (Lipinski definition) is 4. The molecule has 0 saturated carbocycles. The number of halogens is 3. The SMILES string of the molecule is O=C(O)c1oc(-c2sccc2Br)nc1C(F)F. The predicted molar refractivity (Wildman–Crippen MR) is 59.4 cm³/mol. The van der Waals surface area contributed by atoms with E-state index in [2.05, 4.69) is 20.9 Å². The van der Waals surface area contributed by atoms with E-state index in [-0.39, 0.29) is 5.89 Å². The molecule has 2 heterocycles. The molecule has 0 aliphatic rings. The number of alkyl halides is 2. The minimum absolute atomic E-state index is 0.125. The topological polar surface area (TPSA) is 63.3 Å². The first-order valence-corrected chi connectivity index (χ1v) is 5.93. The molecule has 4 nitrogen and oxygen atoms in total. The van der Waals surface area contributed by atoms with Gasteiger partial charge in [0.25, 0.3) is 6.43 Å². The van der Waals surface area contributed by atoms with Gasteiger partial charge < -0.3 is 9.52 Å². The molecule has 0 aliphatic carbocycles. The van der Waals surface area contributed by atoms with Crippen molar-refractivity contribution in [2.45, 2.75) is 6.43 Å². The lowest BCUT2D eigenvalue weighted by atomic mass is 10.3. The molecule has 0 unspecified atom stereocenters. The molecule has 1 N–H and O–H groups in total. The van der Waals surface area contributed by atoms with Gasteiger partial charge in [0, 0.05) is 4.47 Å². The highest BCUT2D eigenvalue weighted by Crippen LogP contribution is 2.35. The molecule has 0 bridgehead atoms. The second-order valence-electron chi connectivity index (χ2n) is 2.94. The van der Waals surface area contributed by atoms with Crippen LogP contribution in [0.1, 0.15) is 22.7 Å². The number of aromatic carboxylic acids is 1. The number of hydrogen-bond donors (Lipinski definition) is 1. The second-order valence-corrected chi connectivity index (χ2v) is 4.71. The Hall–Kier alpha value is -1.28. The smallest absolute Gasteiger partial charge is 0.374 e. The fourth-order valence-electron chi connectivity index (χ4n) is 1.18. The third-order valence-electron chi connectivity index (χ3n) is 1.87. The Balaban J connectivity index is 2.55. The molecule has 0 spiro atoms. The summed E-state index contributed by atoms with van der Waals surface area (Å²) in [7, 11) is 0. The van der Waals surface area contributed by atoms with Crippen molar-refractivity contribution in [3.63, 3.8) is 0 Å². The first-order valence-electron chi connectivity index (χ1n) is 4.26. The van der Waals surface area contributed by atoms with Crippen LogP contribution < -0.4 is 0 Å². The van der Waals surface area contributed by atoms with Crippen molar-refractivity contribution in [3.8, 4) is 10.8 Å². The molecule has 0 saturated heterocycles. The highest BCUT2D eigenvalue weighted by molar-refractivity contribution is 9.10. The van der Waals surface area contributed by atoms with Gasteiger partial charge in [0.1, 0.15) is 4.88 Å². The Kier molecular flexibility index (Phi) is 3.25. The van der Waals surface area contributed by atoms with Crippen LogP contribution in [-0.2, 0) is 0 Å². The van der Waals surface area contributed by atoms with Gasteiger partial charge in [-0.15, -0.1) is 11.3 Å². The van der Waals surface area contributed by atoms with Crippen LogP contribution in [0.5, 0.6) is 0 Å². The van der Waals surface area contributed by atoms with Gasteiger partial charge in [0.15, 0.2) is 5.69 Å². The highest BCUT2D eigenvalue weighted by atomic mass is 79.9. The van der Waals surface area contributed by atoms with Gasteiger partial charge >= 0.3 is 5.97 Å². The number of oxazole rings is 1. The van der Waals surface area contributed by atoms with E-state index >= 15 is 0 Å². The maximum Gasteiger partial charge on any atom is 0.374 e. The summed E-state index contributed by atoms with van der Waals surface area (Å²) in [6.45, 7) is 0. The van der Waals surface area contributed by atoms with E-state index in [0.717, 1.165) is 0 Å². The highest BCUT2D eigenvalue weighted by Gasteiger charge is 2.27. The van der Waals surface area contributed by atoms with Crippen molar-refractivity contribution in [1.29, 1.82) is 0 Å². The number of aromatic nitrogens is 1. The van der Waals surface area contributed by atoms with Crippen LogP contribution in [0.15, 0.2) is 20.3 Å². The maximum atomic E-state index is 12.5. The minimum atomic E-state index is -2.99. The van der Waals surface area contributed by atoms with Gasteiger partial charge in [-0.25, -0.2) is 18.6 Å². The number of carboxylic acid groups (broad SMARTS) is 1. The van der Waals surface area contributed by atoms with E-state index in [0.29, 0.717) is 9.35 Å². The molecule has 2 aromatic rings. The summed E-state index contributed by atoms with van der Waals surface area (Å²) < 4.78 is 30.6. The van der Waals surface area contributed by atoms with E-state index in [4.69, 9.17) is 9.52 Å². The first kappa shape index (κ1) is 12.2. The largest absolute Gasteiger partial charge is 0.475 e. The first-order chi connectivity index (χ1) is 8.00. The van der Waals surface area contributed by atoms with Crippen LogP contribution in [0.25, 0.3) is 10.8 Å². The Morgan fingerprint density at radius 2 is 2.29 bits per heavy atom. The summed E-state index contributed by atoms with van der Waals surface area (Å²) in [5.41, 5.74) is -0.854. The summed E-state index contributed by atoms with van der Waals surface area (Å²) >= 11 is 4.39. The van der Waals surface area contributed by atoms with Crippen molar-refractivity contribution in [1.82, 2.24) is 4.98 Å². The Morgan fingerprint density at radius 1 is 1.59 bits per heavy atom. The van der Waals surface area contributed by atoms with Crippen molar-refractivity contribution >= 4 is 33.2 Å². The number of carbonyl (C=O) groups is 1. The van der Waals surface area contributed by atoms with E-state index in [1.807, 2.05) is 0 Å². The Bertz CT molecular complexity index is 566. The fraction of sp³-hybridized carbons (Fsp3) is 0.111. The van der Waals surface area contributed by atoms with Crippen LogP contribution >= 0.6 is 27.3 Å². The lowest BCUT2D eigenvalue weighted by Gasteiger charge is -1.91.